The lowest BCUT2D eigenvalue weighted by atomic mass is 9.71. The number of alkyl halides is 6. The van der Waals surface area contributed by atoms with Crippen molar-refractivity contribution < 1.29 is 41.0 Å². The third-order valence-electron chi connectivity index (χ3n) is 6.33. The molecule has 2 atom stereocenters. The Morgan fingerprint density at radius 2 is 1.46 bits per heavy atom. The molecule has 1 heterocycles. The maximum Gasteiger partial charge on any atom is 0.430 e. The van der Waals surface area contributed by atoms with Crippen molar-refractivity contribution in [1.29, 1.82) is 0 Å². The zero-order valence-electron chi connectivity index (χ0n) is 19.7. The van der Waals surface area contributed by atoms with E-state index < -0.39 is 46.5 Å². The first-order valence-corrected chi connectivity index (χ1v) is 10.9. The third-order valence-corrected chi connectivity index (χ3v) is 6.33. The first-order valence-electron chi connectivity index (χ1n) is 10.9. The van der Waals surface area contributed by atoms with Crippen molar-refractivity contribution in [2.75, 3.05) is 13.1 Å². The zero-order chi connectivity index (χ0) is 26.4. The largest absolute Gasteiger partial charge is 0.444 e. The highest BCUT2D eigenvalue weighted by Gasteiger charge is 2.71. The molecule has 2 aromatic carbocycles. The van der Waals surface area contributed by atoms with Crippen molar-refractivity contribution >= 4 is 6.09 Å². The van der Waals surface area contributed by atoms with Crippen LogP contribution >= 0.6 is 0 Å². The van der Waals surface area contributed by atoms with Crippen LogP contribution in [-0.2, 0) is 15.8 Å². The molecule has 0 radical (unpaired) electrons. The summed E-state index contributed by atoms with van der Waals surface area (Å²) in [5.41, 5.74) is -6.51. The van der Waals surface area contributed by atoms with E-state index in [0.29, 0.717) is 17.7 Å². The Kier molecular flexibility index (Phi) is 6.69. The summed E-state index contributed by atoms with van der Waals surface area (Å²) in [7, 11) is 0. The number of nitrogens with zero attached hydrogens (tertiary/aromatic N) is 1. The summed E-state index contributed by atoms with van der Waals surface area (Å²) in [5.74, 6) is -0.462. The fraction of sp³-hybridized carbons (Fsp3) is 0.480. The fourth-order valence-corrected chi connectivity index (χ4v) is 4.49. The molecule has 1 fully saturated rings. The second-order valence-electron chi connectivity index (χ2n) is 10.0. The van der Waals surface area contributed by atoms with E-state index in [4.69, 9.17) is 4.74 Å². The zero-order valence-corrected chi connectivity index (χ0v) is 19.7. The molecule has 0 saturated carbocycles. The van der Waals surface area contributed by atoms with E-state index >= 15 is 0 Å². The molecule has 1 aliphatic rings. The van der Waals surface area contributed by atoms with Crippen molar-refractivity contribution in [2.24, 2.45) is 0 Å². The minimum absolute atomic E-state index is 0.141. The van der Waals surface area contributed by atoms with E-state index in [1.807, 2.05) is 37.3 Å². The van der Waals surface area contributed by atoms with Crippen LogP contribution in [0.3, 0.4) is 0 Å². The number of hydrogen-bond acceptors (Lipinski definition) is 3. The maximum absolute atomic E-state index is 13.3. The molecule has 2 aromatic rings. The van der Waals surface area contributed by atoms with Crippen LogP contribution in [0.4, 0.5) is 31.1 Å². The van der Waals surface area contributed by atoms with E-state index in [1.54, 1.807) is 20.8 Å². The van der Waals surface area contributed by atoms with Gasteiger partial charge in [0.05, 0.1) is 0 Å². The van der Waals surface area contributed by atoms with Gasteiger partial charge in [0.2, 0.25) is 0 Å². The predicted molar refractivity (Wildman–Crippen MR) is 117 cm³/mol. The lowest BCUT2D eigenvalue weighted by molar-refractivity contribution is -0.376. The van der Waals surface area contributed by atoms with Gasteiger partial charge >= 0.3 is 18.4 Å². The van der Waals surface area contributed by atoms with E-state index in [9.17, 15) is 36.2 Å². The van der Waals surface area contributed by atoms with Gasteiger partial charge in [0.15, 0.2) is 0 Å². The number of amides is 1. The minimum Gasteiger partial charge on any atom is -0.444 e. The molecule has 1 amide bonds. The Labute approximate surface area is 199 Å². The standard InChI is InChI=1S/C25H27F6NO3/c1-21(2,3)35-20(33)32-14-19(22(4,15-32)17-8-6-5-7-9-17)16-10-12-18(13-11-16)23(34,24(26,27)28)25(29,30)31/h5-13,19,34H,14-15H2,1-4H3/t19-,22+/m0/s1. The summed E-state index contributed by atoms with van der Waals surface area (Å²) in [6.07, 6.45) is -12.5. The number of ether oxygens (including phenoxy) is 1. The topological polar surface area (TPSA) is 49.8 Å². The van der Waals surface area contributed by atoms with Crippen LogP contribution in [0, 0.1) is 0 Å². The van der Waals surface area contributed by atoms with E-state index in [-0.39, 0.29) is 13.1 Å². The number of likely N-dealkylation sites (tertiary alicyclic amines) is 1. The molecule has 192 valence electrons. The monoisotopic (exact) mass is 503 g/mol. The molecule has 0 spiro atoms. The molecular weight excluding hydrogens is 476 g/mol. The summed E-state index contributed by atoms with van der Waals surface area (Å²) in [5, 5.41) is 9.70. The molecule has 1 N–H and O–H groups in total. The summed E-state index contributed by atoms with van der Waals surface area (Å²) in [6, 6.07) is 12.7. The lowest BCUT2D eigenvalue weighted by Gasteiger charge is -2.34. The molecule has 35 heavy (non-hydrogen) atoms. The summed E-state index contributed by atoms with van der Waals surface area (Å²) >= 11 is 0. The molecule has 0 aromatic heterocycles. The average molecular weight is 503 g/mol. The number of hydrogen-bond donors (Lipinski definition) is 1. The molecule has 1 saturated heterocycles. The van der Waals surface area contributed by atoms with Crippen molar-refractivity contribution in [2.45, 2.75) is 62.6 Å². The first-order chi connectivity index (χ1) is 15.9. The van der Waals surface area contributed by atoms with Crippen LogP contribution in [0.15, 0.2) is 54.6 Å². The summed E-state index contributed by atoms with van der Waals surface area (Å²) < 4.78 is 85.2. The van der Waals surface area contributed by atoms with Crippen molar-refractivity contribution in [3.63, 3.8) is 0 Å². The lowest BCUT2D eigenvalue weighted by Crippen LogP contribution is -2.53. The van der Waals surface area contributed by atoms with Crippen LogP contribution in [0.1, 0.15) is 50.3 Å². The SMILES string of the molecule is CC(C)(C)OC(=O)N1C[C@@H](c2ccc(C(O)(C(F)(F)F)C(F)(F)F)cc2)[C@@](C)(c2ccccc2)C1. The quantitative estimate of drug-likeness (QED) is 0.501. The van der Waals surface area contributed by atoms with E-state index in [0.717, 1.165) is 17.7 Å². The minimum atomic E-state index is -5.97. The van der Waals surface area contributed by atoms with Gasteiger partial charge in [-0.25, -0.2) is 4.79 Å². The Bertz CT molecular complexity index is 1030. The third kappa shape index (κ3) is 4.98. The van der Waals surface area contributed by atoms with Crippen LogP contribution in [-0.4, -0.2) is 47.1 Å². The van der Waals surface area contributed by atoms with Gasteiger partial charge in [-0.2, -0.15) is 26.3 Å². The molecular formula is C25H27F6NO3. The Balaban J connectivity index is 2.03. The number of benzene rings is 2. The second-order valence-corrected chi connectivity index (χ2v) is 10.0. The molecule has 0 unspecified atom stereocenters. The van der Waals surface area contributed by atoms with Crippen molar-refractivity contribution in [1.82, 2.24) is 4.90 Å². The van der Waals surface area contributed by atoms with Gasteiger partial charge < -0.3 is 14.7 Å². The number of aliphatic hydroxyl groups is 1. The van der Waals surface area contributed by atoms with Gasteiger partial charge in [-0.1, -0.05) is 61.5 Å². The maximum atomic E-state index is 13.3. The normalized spacial score (nSPS) is 21.8. The molecule has 10 heteroatoms. The number of carbonyl (C=O) groups excluding carboxylic acids is 1. The second kappa shape index (κ2) is 8.72. The Hall–Kier alpha value is -2.75. The van der Waals surface area contributed by atoms with E-state index in [1.165, 1.54) is 4.90 Å². The van der Waals surface area contributed by atoms with Crippen LogP contribution < -0.4 is 0 Å². The summed E-state index contributed by atoms with van der Waals surface area (Å²) in [4.78, 5) is 14.3. The van der Waals surface area contributed by atoms with Crippen LogP contribution in [0.2, 0.25) is 0 Å². The molecule has 1 aliphatic heterocycles. The molecule has 3 rings (SSSR count). The first kappa shape index (κ1) is 26.8. The van der Waals surface area contributed by atoms with Gasteiger partial charge in [0.25, 0.3) is 5.60 Å². The van der Waals surface area contributed by atoms with Gasteiger partial charge in [0.1, 0.15) is 5.60 Å². The molecule has 4 nitrogen and oxygen atoms in total. The molecule has 0 bridgehead atoms. The Morgan fingerprint density at radius 3 is 1.91 bits per heavy atom. The number of carbonyl (C=O) groups is 1. The van der Waals surface area contributed by atoms with Gasteiger partial charge in [0, 0.05) is 30.0 Å². The smallest absolute Gasteiger partial charge is 0.430 e. The highest BCUT2D eigenvalue weighted by atomic mass is 19.4. The number of halogens is 6. The highest BCUT2D eigenvalue weighted by molar-refractivity contribution is 5.69. The summed E-state index contributed by atoms with van der Waals surface area (Å²) in [6.45, 7) is 7.41. The van der Waals surface area contributed by atoms with E-state index in [2.05, 4.69) is 0 Å². The number of rotatable bonds is 3. The van der Waals surface area contributed by atoms with Crippen LogP contribution in [0.5, 0.6) is 0 Å². The van der Waals surface area contributed by atoms with Gasteiger partial charge in [-0.15, -0.1) is 0 Å². The van der Waals surface area contributed by atoms with Crippen molar-refractivity contribution in [3.8, 4) is 0 Å². The fourth-order valence-electron chi connectivity index (χ4n) is 4.49. The average Bonchev–Trinajstić information content (AvgIpc) is 3.10. The molecule has 0 aliphatic carbocycles. The predicted octanol–water partition coefficient (Wildman–Crippen LogP) is 6.29. The van der Waals surface area contributed by atoms with Crippen LogP contribution in [0.25, 0.3) is 0 Å². The van der Waals surface area contributed by atoms with Gasteiger partial charge in [-0.3, -0.25) is 0 Å². The van der Waals surface area contributed by atoms with Gasteiger partial charge in [-0.05, 0) is 31.9 Å². The Morgan fingerprint density at radius 1 is 0.943 bits per heavy atom. The van der Waals surface area contributed by atoms with Crippen molar-refractivity contribution in [3.05, 3.63) is 71.3 Å². The highest BCUT2D eigenvalue weighted by Crippen LogP contribution is 2.51.